The van der Waals surface area contributed by atoms with Gasteiger partial charge in [0, 0.05) is 5.56 Å². The monoisotopic (exact) mass is 334 g/mol. The van der Waals surface area contributed by atoms with E-state index in [1.165, 1.54) is 6.92 Å². The zero-order valence-electron chi connectivity index (χ0n) is 13.8. The second kappa shape index (κ2) is 10.2. The Morgan fingerprint density at radius 1 is 1.33 bits per heavy atom. The Morgan fingerprint density at radius 2 is 2.00 bits per heavy atom. The number of nitrogens with zero attached hydrogens (tertiary/aromatic N) is 1. The zero-order valence-corrected chi connectivity index (χ0v) is 13.8. The molecule has 1 rings (SSSR count). The van der Waals surface area contributed by atoms with Crippen LogP contribution in [-0.2, 0) is 9.53 Å². The Kier molecular flexibility index (Phi) is 8.30. The van der Waals surface area contributed by atoms with Crippen molar-refractivity contribution in [1.82, 2.24) is 5.32 Å². The number of nitrogens with one attached hydrogen (secondary N) is 1. The largest absolute Gasteiger partial charge is 0.494 e. The minimum Gasteiger partial charge on any atom is -0.494 e. The van der Waals surface area contributed by atoms with E-state index in [4.69, 9.17) is 10.00 Å². The molecule has 0 fully saturated rings. The molecule has 0 heterocycles. The number of nitriles is 1. The molecular formula is C17H22N2O5. The predicted molar refractivity (Wildman–Crippen MR) is 86.4 cm³/mol. The number of hydrogen-bond donors (Lipinski definition) is 2. The molecule has 24 heavy (non-hydrogen) atoms. The van der Waals surface area contributed by atoms with Gasteiger partial charge in [-0.3, -0.25) is 4.79 Å². The summed E-state index contributed by atoms with van der Waals surface area (Å²) in [4.78, 5) is 23.9. The van der Waals surface area contributed by atoms with E-state index in [1.54, 1.807) is 30.3 Å². The highest BCUT2D eigenvalue weighted by Crippen LogP contribution is 2.13. The molecule has 7 heteroatoms. The first-order valence-corrected chi connectivity index (χ1v) is 7.75. The third-order valence-corrected chi connectivity index (χ3v) is 3.19. The maximum Gasteiger partial charge on any atom is 0.332 e. The Labute approximate surface area is 141 Å². The van der Waals surface area contributed by atoms with Crippen LogP contribution in [-0.4, -0.2) is 42.3 Å². The number of aliphatic hydroxyl groups excluding tert-OH is 1. The number of benzene rings is 1. The molecule has 0 saturated heterocycles. The van der Waals surface area contributed by atoms with Crippen molar-refractivity contribution >= 4 is 11.9 Å². The number of amides is 1. The highest BCUT2D eigenvalue weighted by Gasteiger charge is 2.27. The van der Waals surface area contributed by atoms with Crippen molar-refractivity contribution in [3.05, 3.63) is 29.8 Å². The quantitative estimate of drug-likeness (QED) is 0.522. The second-order valence-corrected chi connectivity index (χ2v) is 5.18. The van der Waals surface area contributed by atoms with Gasteiger partial charge in [0.25, 0.3) is 5.91 Å². The standard InChI is InChI=1S/C17H22N2O5/c1-3-4-10-23-14-7-5-13(6-8-14)16(21)19-15(12(2)20)17(22)24-11-9-18/h5-8,12,15,20H,3-4,10-11H2,1-2H3,(H,19,21). The molecule has 2 N–H and O–H groups in total. The lowest BCUT2D eigenvalue weighted by Crippen LogP contribution is -2.48. The molecule has 0 bridgehead atoms. The predicted octanol–water partition coefficient (Wildman–Crippen LogP) is 1.41. The summed E-state index contributed by atoms with van der Waals surface area (Å²) in [5.41, 5.74) is 0.316. The molecule has 0 aliphatic heterocycles. The van der Waals surface area contributed by atoms with E-state index in [0.29, 0.717) is 17.9 Å². The van der Waals surface area contributed by atoms with E-state index in [9.17, 15) is 14.7 Å². The molecule has 0 saturated carbocycles. The maximum atomic E-state index is 12.2. The van der Waals surface area contributed by atoms with Crippen LogP contribution in [0.4, 0.5) is 0 Å². The summed E-state index contributed by atoms with van der Waals surface area (Å²) >= 11 is 0. The molecule has 0 radical (unpaired) electrons. The third-order valence-electron chi connectivity index (χ3n) is 3.19. The molecule has 1 amide bonds. The minimum atomic E-state index is -1.24. The average molecular weight is 334 g/mol. The third kappa shape index (κ3) is 6.26. The van der Waals surface area contributed by atoms with Crippen molar-refractivity contribution in [1.29, 1.82) is 5.26 Å². The molecule has 2 unspecified atom stereocenters. The number of esters is 1. The summed E-state index contributed by atoms with van der Waals surface area (Å²) < 4.78 is 10.1. The van der Waals surface area contributed by atoms with Gasteiger partial charge in [-0.25, -0.2) is 4.79 Å². The fourth-order valence-electron chi connectivity index (χ4n) is 1.83. The van der Waals surface area contributed by atoms with Gasteiger partial charge >= 0.3 is 5.97 Å². The summed E-state index contributed by atoms with van der Waals surface area (Å²) in [6.45, 7) is 3.58. The van der Waals surface area contributed by atoms with E-state index in [0.717, 1.165) is 12.8 Å². The van der Waals surface area contributed by atoms with Crippen LogP contribution in [0.3, 0.4) is 0 Å². The first-order chi connectivity index (χ1) is 11.5. The van der Waals surface area contributed by atoms with Crippen molar-refractivity contribution in [2.24, 2.45) is 0 Å². The van der Waals surface area contributed by atoms with Gasteiger partial charge in [0.15, 0.2) is 12.6 Å². The second-order valence-electron chi connectivity index (χ2n) is 5.18. The number of hydrogen-bond acceptors (Lipinski definition) is 6. The summed E-state index contributed by atoms with van der Waals surface area (Å²) in [5, 5.41) is 20.4. The lowest BCUT2D eigenvalue weighted by atomic mass is 10.1. The van der Waals surface area contributed by atoms with E-state index >= 15 is 0 Å². The minimum absolute atomic E-state index is 0.316. The zero-order chi connectivity index (χ0) is 17.9. The van der Waals surface area contributed by atoms with Gasteiger partial charge in [0.05, 0.1) is 12.7 Å². The fraction of sp³-hybridized carbons (Fsp3) is 0.471. The van der Waals surface area contributed by atoms with Crippen LogP contribution in [0.15, 0.2) is 24.3 Å². The molecule has 0 aliphatic carbocycles. The fourth-order valence-corrected chi connectivity index (χ4v) is 1.83. The average Bonchev–Trinajstić information content (AvgIpc) is 2.57. The van der Waals surface area contributed by atoms with Gasteiger partial charge in [-0.1, -0.05) is 13.3 Å². The van der Waals surface area contributed by atoms with Gasteiger partial charge in [0.1, 0.15) is 11.8 Å². The lowest BCUT2D eigenvalue weighted by molar-refractivity contribution is -0.147. The number of rotatable bonds is 9. The van der Waals surface area contributed by atoms with Crippen LogP contribution >= 0.6 is 0 Å². The highest BCUT2D eigenvalue weighted by molar-refractivity contribution is 5.97. The summed E-state index contributed by atoms with van der Waals surface area (Å²) in [7, 11) is 0. The topological polar surface area (TPSA) is 109 Å². The van der Waals surface area contributed by atoms with Crippen molar-refractivity contribution in [2.75, 3.05) is 13.2 Å². The lowest BCUT2D eigenvalue weighted by Gasteiger charge is -2.19. The Balaban J connectivity index is 2.67. The van der Waals surface area contributed by atoms with Gasteiger partial charge in [0.2, 0.25) is 0 Å². The van der Waals surface area contributed by atoms with Crippen LogP contribution in [0.25, 0.3) is 0 Å². The van der Waals surface area contributed by atoms with Gasteiger partial charge in [-0.05, 0) is 37.6 Å². The summed E-state index contributed by atoms with van der Waals surface area (Å²) in [6.07, 6.45) is 0.823. The molecule has 0 spiro atoms. The van der Waals surface area contributed by atoms with Crippen LogP contribution in [0.2, 0.25) is 0 Å². The normalized spacial score (nSPS) is 12.6. The molecule has 0 aromatic heterocycles. The molecule has 1 aromatic carbocycles. The van der Waals surface area contributed by atoms with Crippen LogP contribution in [0.5, 0.6) is 5.75 Å². The van der Waals surface area contributed by atoms with E-state index < -0.39 is 30.6 Å². The first kappa shape index (κ1) is 19.5. The Morgan fingerprint density at radius 3 is 2.54 bits per heavy atom. The van der Waals surface area contributed by atoms with Gasteiger partial charge in [-0.15, -0.1) is 0 Å². The maximum absolute atomic E-state index is 12.2. The van der Waals surface area contributed by atoms with Crippen molar-refractivity contribution in [2.45, 2.75) is 38.8 Å². The van der Waals surface area contributed by atoms with Gasteiger partial charge in [-0.2, -0.15) is 5.26 Å². The summed E-state index contributed by atoms with van der Waals surface area (Å²) in [5.74, 6) is -0.741. The molecule has 1 aromatic rings. The molecule has 0 aliphatic rings. The molecule has 130 valence electrons. The number of carbonyl (C=O) groups excluding carboxylic acids is 2. The molecule has 7 nitrogen and oxygen atoms in total. The number of unbranched alkanes of at least 4 members (excludes halogenated alkanes) is 1. The van der Waals surface area contributed by atoms with Crippen molar-refractivity contribution < 1.29 is 24.2 Å². The Hall–Kier alpha value is -2.59. The van der Waals surface area contributed by atoms with E-state index in [-0.39, 0.29) is 0 Å². The smallest absolute Gasteiger partial charge is 0.332 e. The van der Waals surface area contributed by atoms with Gasteiger partial charge < -0.3 is 19.9 Å². The van der Waals surface area contributed by atoms with Crippen molar-refractivity contribution in [3.63, 3.8) is 0 Å². The highest BCUT2D eigenvalue weighted by atomic mass is 16.5. The molecule has 2 atom stereocenters. The van der Waals surface area contributed by atoms with E-state index in [1.807, 2.05) is 0 Å². The summed E-state index contributed by atoms with van der Waals surface area (Å²) in [6, 6.07) is 6.87. The van der Waals surface area contributed by atoms with Crippen LogP contribution in [0, 0.1) is 11.3 Å². The number of ether oxygens (including phenoxy) is 2. The Bertz CT molecular complexity index is 578. The number of aliphatic hydroxyl groups is 1. The van der Waals surface area contributed by atoms with Crippen molar-refractivity contribution in [3.8, 4) is 11.8 Å². The van der Waals surface area contributed by atoms with Crippen LogP contribution < -0.4 is 10.1 Å². The van der Waals surface area contributed by atoms with Crippen LogP contribution in [0.1, 0.15) is 37.0 Å². The SMILES string of the molecule is CCCCOc1ccc(C(=O)NC(C(=O)OCC#N)C(C)O)cc1. The van der Waals surface area contributed by atoms with E-state index in [2.05, 4.69) is 17.0 Å². The first-order valence-electron chi connectivity index (χ1n) is 7.75. The molecular weight excluding hydrogens is 312 g/mol. The number of carbonyl (C=O) groups is 2.